The third-order valence-corrected chi connectivity index (χ3v) is 4.96. The summed E-state index contributed by atoms with van der Waals surface area (Å²) < 4.78 is 27.2. The molecule has 0 saturated heterocycles. The number of hydrogen-bond donors (Lipinski definition) is 0. The summed E-state index contributed by atoms with van der Waals surface area (Å²) in [6.45, 7) is 0. The highest BCUT2D eigenvalue weighted by Gasteiger charge is 2.18. The second kappa shape index (κ2) is 8.39. The second-order valence-corrected chi connectivity index (χ2v) is 6.65. The zero-order valence-corrected chi connectivity index (χ0v) is 17.6. The standard InChI is InChI=1S/C24H21NO6/c1-27-19-12-10-17(21(28-2)22(19)29-3)16-9-11-18-20(13-16)31-23(25-18)14-5-7-15(8-6-14)24(26)30-4/h5-13H,1-4H3. The smallest absolute Gasteiger partial charge is 0.337 e. The highest BCUT2D eigenvalue weighted by atomic mass is 16.5. The van der Waals surface area contributed by atoms with Crippen LogP contribution < -0.4 is 14.2 Å². The molecule has 4 aromatic rings. The van der Waals surface area contributed by atoms with Crippen LogP contribution in [0.15, 0.2) is 59.0 Å². The van der Waals surface area contributed by atoms with Crippen molar-refractivity contribution < 1.29 is 28.2 Å². The first kappa shape index (κ1) is 20.3. The summed E-state index contributed by atoms with van der Waals surface area (Å²) in [7, 11) is 6.09. The van der Waals surface area contributed by atoms with Gasteiger partial charge in [-0.25, -0.2) is 9.78 Å². The van der Waals surface area contributed by atoms with Gasteiger partial charge in [0, 0.05) is 11.1 Å². The molecule has 7 heteroatoms. The third-order valence-electron chi connectivity index (χ3n) is 4.96. The van der Waals surface area contributed by atoms with Crippen LogP contribution in [0.1, 0.15) is 10.4 Å². The third kappa shape index (κ3) is 3.66. The molecule has 0 saturated carbocycles. The predicted octanol–water partition coefficient (Wildman–Crippen LogP) is 4.97. The van der Waals surface area contributed by atoms with Crippen molar-refractivity contribution in [2.75, 3.05) is 28.4 Å². The van der Waals surface area contributed by atoms with Gasteiger partial charge < -0.3 is 23.4 Å². The number of fused-ring (bicyclic) bond motifs is 1. The summed E-state index contributed by atoms with van der Waals surface area (Å²) in [6.07, 6.45) is 0. The van der Waals surface area contributed by atoms with Gasteiger partial charge in [-0.15, -0.1) is 0 Å². The Morgan fingerprint density at radius 3 is 2.16 bits per heavy atom. The van der Waals surface area contributed by atoms with E-state index in [2.05, 4.69) is 4.98 Å². The molecule has 1 heterocycles. The fourth-order valence-corrected chi connectivity index (χ4v) is 3.41. The molecule has 4 rings (SSSR count). The summed E-state index contributed by atoms with van der Waals surface area (Å²) in [5, 5.41) is 0. The number of esters is 1. The Labute approximate surface area is 179 Å². The topological polar surface area (TPSA) is 80.0 Å². The van der Waals surface area contributed by atoms with Gasteiger partial charge in [-0.2, -0.15) is 0 Å². The molecule has 3 aromatic carbocycles. The molecule has 0 fully saturated rings. The molecule has 0 bridgehead atoms. The fraction of sp³-hybridized carbons (Fsp3) is 0.167. The molecule has 0 aliphatic heterocycles. The van der Waals surface area contributed by atoms with Crippen molar-refractivity contribution >= 4 is 17.1 Å². The average molecular weight is 419 g/mol. The molecule has 0 aliphatic carbocycles. The number of methoxy groups -OCH3 is 4. The minimum absolute atomic E-state index is 0.391. The van der Waals surface area contributed by atoms with Gasteiger partial charge in [0.2, 0.25) is 11.6 Å². The van der Waals surface area contributed by atoms with E-state index in [4.69, 9.17) is 23.4 Å². The van der Waals surface area contributed by atoms with Crippen molar-refractivity contribution in [2.24, 2.45) is 0 Å². The monoisotopic (exact) mass is 419 g/mol. The van der Waals surface area contributed by atoms with Crippen molar-refractivity contribution in [3.63, 3.8) is 0 Å². The summed E-state index contributed by atoms with van der Waals surface area (Å²) in [4.78, 5) is 16.2. The summed E-state index contributed by atoms with van der Waals surface area (Å²) in [6, 6.07) is 16.4. The molecule has 1 aromatic heterocycles. The number of aromatic nitrogens is 1. The first-order chi connectivity index (χ1) is 15.1. The van der Waals surface area contributed by atoms with E-state index in [0.717, 1.165) is 22.2 Å². The Bertz CT molecular complexity index is 1240. The quantitative estimate of drug-likeness (QED) is 0.408. The van der Waals surface area contributed by atoms with Crippen molar-refractivity contribution in [3.8, 4) is 39.8 Å². The number of oxazole rings is 1. The molecular formula is C24H21NO6. The zero-order valence-electron chi connectivity index (χ0n) is 17.6. The lowest BCUT2D eigenvalue weighted by Crippen LogP contribution is -2.00. The van der Waals surface area contributed by atoms with Crippen LogP contribution >= 0.6 is 0 Å². The van der Waals surface area contributed by atoms with Crippen molar-refractivity contribution in [1.29, 1.82) is 0 Å². The number of rotatable bonds is 6. The van der Waals surface area contributed by atoms with E-state index in [9.17, 15) is 4.79 Å². The molecule has 0 N–H and O–H groups in total. The van der Waals surface area contributed by atoms with Crippen LogP contribution in [-0.2, 0) is 4.74 Å². The van der Waals surface area contributed by atoms with Crippen LogP contribution in [0.25, 0.3) is 33.7 Å². The Hall–Kier alpha value is -4.00. The van der Waals surface area contributed by atoms with Gasteiger partial charge in [0.1, 0.15) is 5.52 Å². The average Bonchev–Trinajstić information content (AvgIpc) is 3.25. The Morgan fingerprint density at radius 2 is 1.52 bits per heavy atom. The molecule has 158 valence electrons. The van der Waals surface area contributed by atoms with Crippen LogP contribution in [0.5, 0.6) is 17.2 Å². The summed E-state index contributed by atoms with van der Waals surface area (Å²) >= 11 is 0. The molecule has 7 nitrogen and oxygen atoms in total. The normalized spacial score (nSPS) is 10.7. The number of nitrogens with zero attached hydrogens (tertiary/aromatic N) is 1. The van der Waals surface area contributed by atoms with Crippen LogP contribution in [0, 0.1) is 0 Å². The van der Waals surface area contributed by atoms with Crippen molar-refractivity contribution in [2.45, 2.75) is 0 Å². The molecule has 0 atom stereocenters. The number of carbonyl (C=O) groups excluding carboxylic acids is 1. The van der Waals surface area contributed by atoms with E-state index in [1.165, 1.54) is 7.11 Å². The SMILES string of the molecule is COC(=O)c1ccc(-c2nc3ccc(-c4ccc(OC)c(OC)c4OC)cc3o2)cc1. The van der Waals surface area contributed by atoms with Gasteiger partial charge >= 0.3 is 5.97 Å². The molecule has 0 radical (unpaired) electrons. The van der Waals surface area contributed by atoms with Gasteiger partial charge in [0.25, 0.3) is 0 Å². The van der Waals surface area contributed by atoms with E-state index in [1.54, 1.807) is 45.6 Å². The zero-order chi connectivity index (χ0) is 22.0. The summed E-state index contributed by atoms with van der Waals surface area (Å²) in [5.41, 5.74) is 4.28. The number of ether oxygens (including phenoxy) is 4. The van der Waals surface area contributed by atoms with Crippen LogP contribution in [0.2, 0.25) is 0 Å². The molecule has 0 aliphatic rings. The largest absolute Gasteiger partial charge is 0.493 e. The van der Waals surface area contributed by atoms with Gasteiger partial charge in [-0.05, 0) is 54.1 Å². The Balaban J connectivity index is 1.74. The maximum atomic E-state index is 11.6. The first-order valence-electron chi connectivity index (χ1n) is 9.48. The van der Waals surface area contributed by atoms with Crippen LogP contribution in [0.3, 0.4) is 0 Å². The van der Waals surface area contributed by atoms with E-state index in [0.29, 0.717) is 34.3 Å². The van der Waals surface area contributed by atoms with E-state index >= 15 is 0 Å². The summed E-state index contributed by atoms with van der Waals surface area (Å²) in [5.74, 6) is 1.74. The molecule has 31 heavy (non-hydrogen) atoms. The van der Waals surface area contributed by atoms with E-state index in [1.807, 2.05) is 30.3 Å². The lowest BCUT2D eigenvalue weighted by molar-refractivity contribution is 0.0600. The molecule has 0 unspecified atom stereocenters. The van der Waals surface area contributed by atoms with Crippen molar-refractivity contribution in [1.82, 2.24) is 4.98 Å². The second-order valence-electron chi connectivity index (χ2n) is 6.65. The maximum absolute atomic E-state index is 11.6. The molecular weight excluding hydrogens is 398 g/mol. The maximum Gasteiger partial charge on any atom is 0.337 e. The highest BCUT2D eigenvalue weighted by Crippen LogP contribution is 2.44. The van der Waals surface area contributed by atoms with Gasteiger partial charge in [-0.3, -0.25) is 0 Å². The Morgan fingerprint density at radius 1 is 0.806 bits per heavy atom. The minimum atomic E-state index is -0.391. The van der Waals surface area contributed by atoms with E-state index in [-0.39, 0.29) is 0 Å². The number of carbonyl (C=O) groups is 1. The van der Waals surface area contributed by atoms with Gasteiger partial charge in [0.05, 0.1) is 34.0 Å². The van der Waals surface area contributed by atoms with Crippen molar-refractivity contribution in [3.05, 3.63) is 60.2 Å². The lowest BCUT2D eigenvalue weighted by Gasteiger charge is -2.15. The highest BCUT2D eigenvalue weighted by molar-refractivity contribution is 5.90. The molecule has 0 spiro atoms. The lowest BCUT2D eigenvalue weighted by atomic mass is 10.0. The number of benzene rings is 3. The Kier molecular flexibility index (Phi) is 5.49. The van der Waals surface area contributed by atoms with Gasteiger partial charge in [0.15, 0.2) is 17.1 Å². The van der Waals surface area contributed by atoms with E-state index < -0.39 is 5.97 Å². The predicted molar refractivity (Wildman–Crippen MR) is 116 cm³/mol. The van der Waals surface area contributed by atoms with Crippen LogP contribution in [0.4, 0.5) is 0 Å². The first-order valence-corrected chi connectivity index (χ1v) is 9.48. The minimum Gasteiger partial charge on any atom is -0.493 e. The number of hydrogen-bond acceptors (Lipinski definition) is 7. The fourth-order valence-electron chi connectivity index (χ4n) is 3.41. The molecule has 0 amide bonds. The van der Waals surface area contributed by atoms with Crippen LogP contribution in [-0.4, -0.2) is 39.4 Å². The van der Waals surface area contributed by atoms with Gasteiger partial charge in [-0.1, -0.05) is 6.07 Å².